The zero-order valence-corrected chi connectivity index (χ0v) is 15.2. The Labute approximate surface area is 152 Å². The molecule has 0 radical (unpaired) electrons. The van der Waals surface area contributed by atoms with Gasteiger partial charge in [0.05, 0.1) is 19.9 Å². The van der Waals surface area contributed by atoms with Gasteiger partial charge in [-0.25, -0.2) is 0 Å². The van der Waals surface area contributed by atoms with Crippen LogP contribution in [0.1, 0.15) is 40.6 Å². The van der Waals surface area contributed by atoms with Crippen molar-refractivity contribution in [1.29, 1.82) is 0 Å². The summed E-state index contributed by atoms with van der Waals surface area (Å²) in [6.07, 6.45) is 3.34. The molecule has 0 aliphatic heterocycles. The molecular weight excluding hydrogens is 334 g/mol. The SMILES string of the molecule is CCCCNC(=O)c1ccnc(C(=O)Nc2ccc(OC)cc2OC)c1. The maximum atomic E-state index is 12.5. The lowest BCUT2D eigenvalue weighted by molar-refractivity contribution is 0.0953. The number of nitrogens with one attached hydrogen (secondary N) is 2. The first-order valence-corrected chi connectivity index (χ1v) is 8.36. The van der Waals surface area contributed by atoms with Crippen molar-refractivity contribution in [3.8, 4) is 11.5 Å². The summed E-state index contributed by atoms with van der Waals surface area (Å²) in [5, 5.41) is 5.55. The predicted molar refractivity (Wildman–Crippen MR) is 99.0 cm³/mol. The Morgan fingerprint density at radius 1 is 1.08 bits per heavy atom. The molecule has 2 amide bonds. The molecule has 138 valence electrons. The van der Waals surface area contributed by atoms with Crippen LogP contribution in [0.5, 0.6) is 11.5 Å². The highest BCUT2D eigenvalue weighted by atomic mass is 16.5. The molecule has 0 aliphatic rings. The van der Waals surface area contributed by atoms with Gasteiger partial charge in [-0.2, -0.15) is 0 Å². The van der Waals surface area contributed by atoms with Crippen molar-refractivity contribution in [2.45, 2.75) is 19.8 Å². The molecule has 0 unspecified atom stereocenters. The Bertz CT molecular complexity index is 777. The highest BCUT2D eigenvalue weighted by molar-refractivity contribution is 6.05. The van der Waals surface area contributed by atoms with E-state index in [1.165, 1.54) is 19.4 Å². The molecule has 1 aromatic heterocycles. The number of carbonyl (C=O) groups is 2. The van der Waals surface area contributed by atoms with Crippen molar-refractivity contribution in [2.24, 2.45) is 0 Å². The number of hydrogen-bond donors (Lipinski definition) is 2. The number of unbranched alkanes of at least 4 members (excludes halogenated alkanes) is 1. The third-order valence-electron chi connectivity index (χ3n) is 3.73. The number of benzene rings is 1. The molecule has 2 N–H and O–H groups in total. The second kappa shape index (κ2) is 9.41. The number of aromatic nitrogens is 1. The summed E-state index contributed by atoms with van der Waals surface area (Å²) in [6.45, 7) is 2.65. The quantitative estimate of drug-likeness (QED) is 0.709. The largest absolute Gasteiger partial charge is 0.497 e. The lowest BCUT2D eigenvalue weighted by Gasteiger charge is -2.11. The molecule has 0 atom stereocenters. The Kier molecular flexibility index (Phi) is 6.96. The number of pyridine rings is 1. The molecule has 0 aliphatic carbocycles. The third kappa shape index (κ3) is 4.95. The molecule has 7 heteroatoms. The lowest BCUT2D eigenvalue weighted by Crippen LogP contribution is -2.25. The summed E-state index contributed by atoms with van der Waals surface area (Å²) in [6, 6.07) is 8.10. The molecule has 0 saturated heterocycles. The van der Waals surface area contributed by atoms with Crippen LogP contribution < -0.4 is 20.1 Å². The van der Waals surface area contributed by atoms with Crippen molar-refractivity contribution < 1.29 is 19.1 Å². The van der Waals surface area contributed by atoms with E-state index in [4.69, 9.17) is 9.47 Å². The average molecular weight is 357 g/mol. The van der Waals surface area contributed by atoms with Gasteiger partial charge in [0, 0.05) is 24.4 Å². The fraction of sp³-hybridized carbons (Fsp3) is 0.316. The zero-order chi connectivity index (χ0) is 18.9. The normalized spacial score (nSPS) is 10.1. The number of anilines is 1. The minimum absolute atomic E-state index is 0.144. The first kappa shape index (κ1) is 19.2. The minimum Gasteiger partial charge on any atom is -0.497 e. The zero-order valence-electron chi connectivity index (χ0n) is 15.2. The smallest absolute Gasteiger partial charge is 0.274 e. The van der Waals surface area contributed by atoms with E-state index in [0.717, 1.165) is 12.8 Å². The summed E-state index contributed by atoms with van der Waals surface area (Å²) in [5.41, 5.74) is 1.02. The maximum Gasteiger partial charge on any atom is 0.274 e. The van der Waals surface area contributed by atoms with Crippen molar-refractivity contribution in [3.63, 3.8) is 0 Å². The van der Waals surface area contributed by atoms with Crippen molar-refractivity contribution in [2.75, 3.05) is 26.1 Å². The molecule has 1 aromatic carbocycles. The summed E-state index contributed by atoms with van der Waals surface area (Å²) in [4.78, 5) is 28.6. The van der Waals surface area contributed by atoms with Gasteiger partial charge in [-0.15, -0.1) is 0 Å². The number of hydrogen-bond acceptors (Lipinski definition) is 5. The highest BCUT2D eigenvalue weighted by Crippen LogP contribution is 2.29. The molecule has 26 heavy (non-hydrogen) atoms. The van der Waals surface area contributed by atoms with Gasteiger partial charge in [0.1, 0.15) is 17.2 Å². The fourth-order valence-electron chi connectivity index (χ4n) is 2.26. The Morgan fingerprint density at radius 3 is 2.58 bits per heavy atom. The van der Waals surface area contributed by atoms with Gasteiger partial charge in [0.2, 0.25) is 0 Å². The highest BCUT2D eigenvalue weighted by Gasteiger charge is 2.14. The number of methoxy groups -OCH3 is 2. The molecule has 7 nitrogen and oxygen atoms in total. The summed E-state index contributed by atoms with van der Waals surface area (Å²) in [5.74, 6) is 0.420. The van der Waals surface area contributed by atoms with E-state index in [9.17, 15) is 9.59 Å². The fourth-order valence-corrected chi connectivity index (χ4v) is 2.26. The van der Waals surface area contributed by atoms with E-state index in [-0.39, 0.29) is 11.6 Å². The van der Waals surface area contributed by atoms with Gasteiger partial charge < -0.3 is 20.1 Å². The van der Waals surface area contributed by atoms with Gasteiger partial charge in [0.25, 0.3) is 11.8 Å². The van der Waals surface area contributed by atoms with E-state index in [1.807, 2.05) is 0 Å². The van der Waals surface area contributed by atoms with Crippen LogP contribution in [0.4, 0.5) is 5.69 Å². The molecule has 2 rings (SSSR count). The Hall–Kier alpha value is -3.09. The van der Waals surface area contributed by atoms with Crippen molar-refractivity contribution >= 4 is 17.5 Å². The van der Waals surface area contributed by atoms with Gasteiger partial charge in [0.15, 0.2) is 0 Å². The number of carbonyl (C=O) groups excluding carboxylic acids is 2. The van der Waals surface area contributed by atoms with Crippen LogP contribution in [0, 0.1) is 0 Å². The third-order valence-corrected chi connectivity index (χ3v) is 3.73. The van der Waals surface area contributed by atoms with Crippen LogP contribution in [-0.2, 0) is 0 Å². The molecule has 1 heterocycles. The molecule has 2 aromatic rings. The van der Waals surface area contributed by atoms with Crippen molar-refractivity contribution in [3.05, 3.63) is 47.8 Å². The van der Waals surface area contributed by atoms with Crippen LogP contribution in [-0.4, -0.2) is 37.6 Å². The van der Waals surface area contributed by atoms with Gasteiger partial charge >= 0.3 is 0 Å². The Morgan fingerprint density at radius 2 is 1.88 bits per heavy atom. The van der Waals surface area contributed by atoms with Crippen LogP contribution in [0.15, 0.2) is 36.5 Å². The second-order valence-electron chi connectivity index (χ2n) is 5.56. The van der Waals surface area contributed by atoms with Crippen molar-refractivity contribution in [1.82, 2.24) is 10.3 Å². The standard InChI is InChI=1S/C19H23N3O4/c1-4-5-9-21-18(23)13-8-10-20-16(11-13)19(24)22-15-7-6-14(25-2)12-17(15)26-3/h6-8,10-12H,4-5,9H2,1-3H3,(H,21,23)(H,22,24). The summed E-state index contributed by atoms with van der Waals surface area (Å²) in [7, 11) is 3.05. The molecule has 0 saturated carbocycles. The monoisotopic (exact) mass is 357 g/mol. The topological polar surface area (TPSA) is 89.6 Å². The number of ether oxygens (including phenoxy) is 2. The maximum absolute atomic E-state index is 12.5. The summed E-state index contributed by atoms with van der Waals surface area (Å²) >= 11 is 0. The molecule has 0 fully saturated rings. The van der Waals surface area contributed by atoms with Gasteiger partial charge in [-0.3, -0.25) is 14.6 Å². The lowest BCUT2D eigenvalue weighted by atomic mass is 10.2. The number of nitrogens with zero attached hydrogens (tertiary/aromatic N) is 1. The van der Waals surface area contributed by atoms with E-state index in [0.29, 0.717) is 29.3 Å². The van der Waals surface area contributed by atoms with E-state index in [1.54, 1.807) is 31.4 Å². The molecule has 0 bridgehead atoms. The number of amides is 2. The van der Waals surface area contributed by atoms with Crippen LogP contribution >= 0.6 is 0 Å². The van der Waals surface area contributed by atoms with Crippen LogP contribution in [0.25, 0.3) is 0 Å². The minimum atomic E-state index is -0.434. The number of rotatable bonds is 8. The first-order chi connectivity index (χ1) is 12.6. The average Bonchev–Trinajstić information content (AvgIpc) is 2.68. The van der Waals surface area contributed by atoms with E-state index >= 15 is 0 Å². The molecular formula is C19H23N3O4. The predicted octanol–water partition coefficient (Wildman–Crippen LogP) is 2.88. The van der Waals surface area contributed by atoms with Gasteiger partial charge in [-0.1, -0.05) is 13.3 Å². The van der Waals surface area contributed by atoms with Crippen LogP contribution in [0.3, 0.4) is 0 Å². The second-order valence-corrected chi connectivity index (χ2v) is 5.56. The summed E-state index contributed by atoms with van der Waals surface area (Å²) < 4.78 is 10.4. The van der Waals surface area contributed by atoms with E-state index < -0.39 is 5.91 Å². The first-order valence-electron chi connectivity index (χ1n) is 8.36. The van der Waals surface area contributed by atoms with Gasteiger partial charge in [-0.05, 0) is 30.7 Å². The molecule has 0 spiro atoms. The van der Waals surface area contributed by atoms with Crippen LogP contribution in [0.2, 0.25) is 0 Å². The van der Waals surface area contributed by atoms with E-state index in [2.05, 4.69) is 22.5 Å². The Balaban J connectivity index is 2.13.